The smallest absolute Gasteiger partial charge is 0.251 e. The van der Waals surface area contributed by atoms with E-state index >= 15 is 0 Å². The summed E-state index contributed by atoms with van der Waals surface area (Å²) >= 11 is 7.74. The van der Waals surface area contributed by atoms with Crippen molar-refractivity contribution in [2.75, 3.05) is 18.0 Å². The molecule has 1 aromatic heterocycles. The molecule has 0 saturated heterocycles. The standard InChI is InChI=1S/C22H29ClN4OS/c1-3-27(4-2)20-14-19(23)25-22(26-20)29-15-16-10-12-17(13-11-16)21(28)24-18-8-6-5-7-9-18/h10-14,18H,3-9,15H2,1-2H3,(H,24,28). The van der Waals surface area contributed by atoms with Crippen molar-refractivity contribution in [1.29, 1.82) is 0 Å². The molecule has 1 saturated carbocycles. The number of nitrogens with zero attached hydrogens (tertiary/aromatic N) is 3. The second kappa shape index (κ2) is 10.8. The number of hydrogen-bond donors (Lipinski definition) is 1. The molecule has 2 aromatic rings. The van der Waals surface area contributed by atoms with E-state index in [1.165, 1.54) is 19.3 Å². The highest BCUT2D eigenvalue weighted by molar-refractivity contribution is 7.98. The largest absolute Gasteiger partial charge is 0.357 e. The highest BCUT2D eigenvalue weighted by atomic mass is 35.5. The Hall–Kier alpha value is -1.79. The Morgan fingerprint density at radius 2 is 1.83 bits per heavy atom. The van der Waals surface area contributed by atoms with Gasteiger partial charge in [0.05, 0.1) is 0 Å². The van der Waals surface area contributed by atoms with Gasteiger partial charge in [-0.15, -0.1) is 0 Å². The van der Waals surface area contributed by atoms with Crippen molar-refractivity contribution in [2.45, 2.75) is 62.9 Å². The predicted octanol–water partition coefficient (Wildman–Crippen LogP) is 5.33. The van der Waals surface area contributed by atoms with Crippen LogP contribution in [0.5, 0.6) is 0 Å². The molecule has 0 spiro atoms. The van der Waals surface area contributed by atoms with Crippen LogP contribution in [-0.2, 0) is 5.75 Å². The van der Waals surface area contributed by atoms with E-state index in [0.29, 0.717) is 21.9 Å². The second-order valence-corrected chi connectivity index (χ2v) is 8.63. The number of rotatable bonds is 8. The summed E-state index contributed by atoms with van der Waals surface area (Å²) in [5.74, 6) is 1.60. The molecule has 1 N–H and O–H groups in total. The molecule has 1 aliphatic carbocycles. The Bertz CT molecular complexity index is 805. The maximum atomic E-state index is 12.4. The first-order valence-corrected chi connectivity index (χ1v) is 11.8. The minimum atomic E-state index is 0.0261. The zero-order valence-corrected chi connectivity index (χ0v) is 18.7. The first kappa shape index (κ1) is 21.9. The minimum absolute atomic E-state index is 0.0261. The van der Waals surface area contributed by atoms with Gasteiger partial charge in [-0.1, -0.05) is 54.8 Å². The van der Waals surface area contributed by atoms with Gasteiger partial charge in [-0.2, -0.15) is 0 Å². The van der Waals surface area contributed by atoms with Crippen LogP contribution in [0.4, 0.5) is 5.82 Å². The molecule has 3 rings (SSSR count). The van der Waals surface area contributed by atoms with Gasteiger partial charge in [-0.3, -0.25) is 4.79 Å². The van der Waals surface area contributed by atoms with Gasteiger partial charge < -0.3 is 10.2 Å². The highest BCUT2D eigenvalue weighted by Gasteiger charge is 2.16. The summed E-state index contributed by atoms with van der Waals surface area (Å²) in [4.78, 5) is 23.6. The van der Waals surface area contributed by atoms with E-state index in [0.717, 1.165) is 43.1 Å². The normalized spacial score (nSPS) is 14.6. The Morgan fingerprint density at radius 1 is 1.14 bits per heavy atom. The molecular weight excluding hydrogens is 404 g/mol. The molecular formula is C22H29ClN4OS. The molecule has 0 bridgehead atoms. The Labute approximate surface area is 182 Å². The van der Waals surface area contributed by atoms with Crippen LogP contribution in [0.3, 0.4) is 0 Å². The summed E-state index contributed by atoms with van der Waals surface area (Å²) in [6.45, 7) is 5.94. The zero-order valence-electron chi connectivity index (χ0n) is 17.2. The van der Waals surface area contributed by atoms with Gasteiger partial charge in [-0.05, 0) is 44.4 Å². The number of anilines is 1. The molecule has 29 heavy (non-hydrogen) atoms. The fourth-order valence-electron chi connectivity index (χ4n) is 3.58. The lowest BCUT2D eigenvalue weighted by Gasteiger charge is -2.22. The Kier molecular flexibility index (Phi) is 8.19. The van der Waals surface area contributed by atoms with E-state index in [1.54, 1.807) is 17.8 Å². The number of hydrogen-bond acceptors (Lipinski definition) is 5. The number of aromatic nitrogens is 2. The van der Waals surface area contributed by atoms with E-state index < -0.39 is 0 Å². The summed E-state index contributed by atoms with van der Waals surface area (Å²) in [7, 11) is 0. The highest BCUT2D eigenvalue weighted by Crippen LogP contribution is 2.25. The van der Waals surface area contributed by atoms with E-state index in [4.69, 9.17) is 11.6 Å². The van der Waals surface area contributed by atoms with Crippen LogP contribution < -0.4 is 10.2 Å². The summed E-state index contributed by atoms with van der Waals surface area (Å²) in [5.41, 5.74) is 1.84. The summed E-state index contributed by atoms with van der Waals surface area (Å²) in [6, 6.07) is 9.92. The van der Waals surface area contributed by atoms with Crippen molar-refractivity contribution in [2.24, 2.45) is 0 Å². The van der Waals surface area contributed by atoms with Crippen molar-refractivity contribution in [3.63, 3.8) is 0 Å². The van der Waals surface area contributed by atoms with Crippen LogP contribution in [0, 0.1) is 0 Å². The number of amides is 1. The lowest BCUT2D eigenvalue weighted by molar-refractivity contribution is 0.0927. The first-order chi connectivity index (χ1) is 14.1. The van der Waals surface area contributed by atoms with Crippen molar-refractivity contribution in [1.82, 2.24) is 15.3 Å². The number of benzene rings is 1. The molecule has 1 aliphatic rings. The Balaban J connectivity index is 1.58. The fourth-order valence-corrected chi connectivity index (χ4v) is 4.61. The fraction of sp³-hybridized carbons (Fsp3) is 0.500. The molecule has 156 valence electrons. The number of halogens is 1. The molecule has 0 aliphatic heterocycles. The molecule has 0 unspecified atom stereocenters. The lowest BCUT2D eigenvalue weighted by Crippen LogP contribution is -2.36. The molecule has 1 amide bonds. The average Bonchev–Trinajstić information content (AvgIpc) is 2.74. The third-order valence-corrected chi connectivity index (χ3v) is 6.38. The van der Waals surface area contributed by atoms with Crippen LogP contribution in [-0.4, -0.2) is 35.0 Å². The zero-order chi connectivity index (χ0) is 20.6. The van der Waals surface area contributed by atoms with Crippen LogP contribution >= 0.6 is 23.4 Å². The van der Waals surface area contributed by atoms with Crippen molar-refractivity contribution in [3.05, 3.63) is 46.6 Å². The third kappa shape index (κ3) is 6.34. The van der Waals surface area contributed by atoms with Gasteiger partial charge in [0.15, 0.2) is 5.16 Å². The van der Waals surface area contributed by atoms with Crippen LogP contribution in [0.1, 0.15) is 61.9 Å². The van der Waals surface area contributed by atoms with E-state index in [1.807, 2.05) is 24.3 Å². The summed E-state index contributed by atoms with van der Waals surface area (Å²) in [6.07, 6.45) is 5.89. The second-order valence-electron chi connectivity index (χ2n) is 7.30. The van der Waals surface area contributed by atoms with E-state index in [2.05, 4.69) is 34.0 Å². The van der Waals surface area contributed by atoms with E-state index in [-0.39, 0.29) is 5.91 Å². The summed E-state index contributed by atoms with van der Waals surface area (Å²) < 4.78 is 0. The van der Waals surface area contributed by atoms with Gasteiger partial charge in [0.25, 0.3) is 5.91 Å². The SMILES string of the molecule is CCN(CC)c1cc(Cl)nc(SCc2ccc(C(=O)NC3CCCCC3)cc2)n1. The summed E-state index contributed by atoms with van der Waals surface area (Å²) in [5, 5.41) is 4.29. The van der Waals surface area contributed by atoms with Crippen LogP contribution in [0.25, 0.3) is 0 Å². The number of carbonyl (C=O) groups is 1. The molecule has 0 radical (unpaired) electrons. The van der Waals surface area contributed by atoms with Crippen molar-refractivity contribution < 1.29 is 4.79 Å². The van der Waals surface area contributed by atoms with Crippen LogP contribution in [0.2, 0.25) is 5.15 Å². The lowest BCUT2D eigenvalue weighted by atomic mass is 9.95. The first-order valence-electron chi connectivity index (χ1n) is 10.4. The predicted molar refractivity (Wildman–Crippen MR) is 121 cm³/mol. The Morgan fingerprint density at radius 3 is 2.48 bits per heavy atom. The quantitative estimate of drug-likeness (QED) is 0.347. The maximum Gasteiger partial charge on any atom is 0.251 e. The minimum Gasteiger partial charge on any atom is -0.357 e. The molecule has 7 heteroatoms. The van der Waals surface area contributed by atoms with Gasteiger partial charge in [0.1, 0.15) is 11.0 Å². The van der Waals surface area contributed by atoms with Gasteiger partial charge >= 0.3 is 0 Å². The van der Waals surface area contributed by atoms with Crippen LogP contribution in [0.15, 0.2) is 35.5 Å². The molecule has 5 nitrogen and oxygen atoms in total. The molecule has 0 atom stereocenters. The number of carbonyl (C=O) groups excluding carboxylic acids is 1. The molecule has 1 fully saturated rings. The molecule has 1 aromatic carbocycles. The van der Waals surface area contributed by atoms with Crippen molar-refractivity contribution >= 4 is 35.1 Å². The van der Waals surface area contributed by atoms with Crippen molar-refractivity contribution in [3.8, 4) is 0 Å². The maximum absolute atomic E-state index is 12.4. The van der Waals surface area contributed by atoms with E-state index in [9.17, 15) is 4.79 Å². The monoisotopic (exact) mass is 432 g/mol. The van der Waals surface area contributed by atoms with Gasteiger partial charge in [0, 0.05) is 36.5 Å². The third-order valence-electron chi connectivity index (χ3n) is 5.27. The average molecular weight is 433 g/mol. The number of thioether (sulfide) groups is 1. The molecule has 1 heterocycles. The number of nitrogens with one attached hydrogen (secondary N) is 1. The topological polar surface area (TPSA) is 58.1 Å². The van der Waals surface area contributed by atoms with Gasteiger partial charge in [0.2, 0.25) is 0 Å². The van der Waals surface area contributed by atoms with Gasteiger partial charge in [-0.25, -0.2) is 9.97 Å².